The smallest absolute Gasteiger partial charge is 0.357 e. The van der Waals surface area contributed by atoms with E-state index in [1.165, 1.54) is 13.0 Å². The van der Waals surface area contributed by atoms with Crippen molar-refractivity contribution in [3.63, 3.8) is 0 Å². The molecule has 0 aliphatic rings. The lowest BCUT2D eigenvalue weighted by Gasteiger charge is -2.01. The Kier molecular flexibility index (Phi) is 2.63. The lowest BCUT2D eigenvalue weighted by atomic mass is 10.1. The van der Waals surface area contributed by atoms with Gasteiger partial charge in [-0.3, -0.25) is 0 Å². The number of carboxylic acids is 1. The van der Waals surface area contributed by atoms with Gasteiger partial charge in [-0.05, 0) is 18.6 Å². The van der Waals surface area contributed by atoms with E-state index < -0.39 is 17.6 Å². The Labute approximate surface area is 94.5 Å². The first-order chi connectivity index (χ1) is 7.99. The summed E-state index contributed by atoms with van der Waals surface area (Å²) < 4.78 is 31.3. The minimum atomic E-state index is -1.28. The first-order valence-corrected chi connectivity index (χ1v) is 4.64. The Morgan fingerprint density at radius 2 is 2.06 bits per heavy atom. The molecule has 0 unspecified atom stereocenters. The minimum Gasteiger partial charge on any atom is -0.476 e. The van der Waals surface area contributed by atoms with Gasteiger partial charge in [0.05, 0.1) is 5.56 Å². The third-order valence-corrected chi connectivity index (χ3v) is 2.20. The second-order valence-corrected chi connectivity index (χ2v) is 3.42. The van der Waals surface area contributed by atoms with Crippen molar-refractivity contribution in [2.24, 2.45) is 0 Å². The van der Waals surface area contributed by atoms with Crippen LogP contribution in [0.4, 0.5) is 8.78 Å². The summed E-state index contributed by atoms with van der Waals surface area (Å²) in [7, 11) is 0. The van der Waals surface area contributed by atoms with E-state index in [1.54, 1.807) is 0 Å². The summed E-state index contributed by atoms with van der Waals surface area (Å²) in [6.07, 6.45) is 0.899. The standard InChI is InChI=1S/C11H7F2NO3/c1-5-2-6(8(13)3-7(5)12)10-14-9(4-17-10)11(15)16/h2-4H,1H3,(H,15,16). The van der Waals surface area contributed by atoms with Crippen LogP contribution in [-0.2, 0) is 0 Å². The Morgan fingerprint density at radius 1 is 1.35 bits per heavy atom. The molecule has 0 spiro atoms. The van der Waals surface area contributed by atoms with E-state index in [2.05, 4.69) is 4.98 Å². The number of hydrogen-bond donors (Lipinski definition) is 1. The molecular weight excluding hydrogens is 232 g/mol. The van der Waals surface area contributed by atoms with Gasteiger partial charge in [0.15, 0.2) is 5.69 Å². The van der Waals surface area contributed by atoms with Gasteiger partial charge in [-0.1, -0.05) is 0 Å². The number of oxazole rings is 1. The summed E-state index contributed by atoms with van der Waals surface area (Å²) in [4.78, 5) is 14.2. The molecule has 1 aromatic heterocycles. The van der Waals surface area contributed by atoms with Crippen LogP contribution in [0.3, 0.4) is 0 Å². The van der Waals surface area contributed by atoms with Gasteiger partial charge in [0.25, 0.3) is 0 Å². The fourth-order valence-corrected chi connectivity index (χ4v) is 1.32. The van der Waals surface area contributed by atoms with Gasteiger partial charge in [0.2, 0.25) is 5.89 Å². The average Bonchev–Trinajstić information content (AvgIpc) is 2.72. The van der Waals surface area contributed by atoms with E-state index in [4.69, 9.17) is 9.52 Å². The van der Waals surface area contributed by atoms with E-state index >= 15 is 0 Å². The molecule has 0 saturated heterocycles. The Hall–Kier alpha value is -2.24. The van der Waals surface area contributed by atoms with Gasteiger partial charge >= 0.3 is 5.97 Å². The molecule has 1 aromatic carbocycles. The second kappa shape index (κ2) is 3.97. The fourth-order valence-electron chi connectivity index (χ4n) is 1.32. The molecule has 0 amide bonds. The number of aromatic carboxylic acids is 1. The van der Waals surface area contributed by atoms with Crippen LogP contribution >= 0.6 is 0 Å². The Balaban J connectivity index is 2.52. The monoisotopic (exact) mass is 239 g/mol. The molecule has 0 radical (unpaired) electrons. The lowest BCUT2D eigenvalue weighted by Crippen LogP contribution is -1.96. The molecule has 1 heterocycles. The summed E-state index contributed by atoms with van der Waals surface area (Å²) >= 11 is 0. The Bertz CT molecular complexity index is 592. The maximum absolute atomic E-state index is 13.4. The van der Waals surface area contributed by atoms with Crippen molar-refractivity contribution in [1.82, 2.24) is 4.98 Å². The van der Waals surface area contributed by atoms with Crippen LogP contribution in [0.25, 0.3) is 11.5 Å². The van der Waals surface area contributed by atoms with Crippen molar-refractivity contribution in [2.45, 2.75) is 6.92 Å². The molecule has 0 aliphatic carbocycles. The molecule has 17 heavy (non-hydrogen) atoms. The average molecular weight is 239 g/mol. The zero-order valence-electron chi connectivity index (χ0n) is 8.70. The predicted octanol–water partition coefficient (Wildman–Crippen LogP) is 2.63. The maximum Gasteiger partial charge on any atom is 0.357 e. The third kappa shape index (κ3) is 2.01. The molecule has 0 fully saturated rings. The third-order valence-electron chi connectivity index (χ3n) is 2.20. The highest BCUT2D eigenvalue weighted by atomic mass is 19.1. The number of aryl methyl sites for hydroxylation is 1. The highest BCUT2D eigenvalue weighted by Crippen LogP contribution is 2.24. The zero-order chi connectivity index (χ0) is 12.6. The van der Waals surface area contributed by atoms with E-state index in [1.807, 2.05) is 0 Å². The van der Waals surface area contributed by atoms with Crippen molar-refractivity contribution >= 4 is 5.97 Å². The fraction of sp³-hybridized carbons (Fsp3) is 0.0909. The van der Waals surface area contributed by atoms with E-state index in [-0.39, 0.29) is 22.7 Å². The summed E-state index contributed by atoms with van der Waals surface area (Å²) in [5, 5.41) is 8.64. The van der Waals surface area contributed by atoms with E-state index in [0.717, 1.165) is 6.26 Å². The number of benzene rings is 1. The van der Waals surface area contributed by atoms with Crippen molar-refractivity contribution in [1.29, 1.82) is 0 Å². The van der Waals surface area contributed by atoms with Gasteiger partial charge in [-0.2, -0.15) is 0 Å². The van der Waals surface area contributed by atoms with Crippen molar-refractivity contribution < 1.29 is 23.1 Å². The molecule has 0 atom stereocenters. The van der Waals surface area contributed by atoms with Crippen LogP contribution in [0.15, 0.2) is 22.8 Å². The summed E-state index contributed by atoms with van der Waals surface area (Å²) in [5.41, 5.74) is -0.186. The van der Waals surface area contributed by atoms with E-state index in [0.29, 0.717) is 6.07 Å². The second-order valence-electron chi connectivity index (χ2n) is 3.42. The molecule has 2 aromatic rings. The minimum absolute atomic E-state index is 0.0728. The molecule has 0 bridgehead atoms. The van der Waals surface area contributed by atoms with Gasteiger partial charge in [-0.25, -0.2) is 18.6 Å². The quantitative estimate of drug-likeness (QED) is 0.874. The van der Waals surface area contributed by atoms with Crippen LogP contribution < -0.4 is 0 Å². The van der Waals surface area contributed by atoms with Gasteiger partial charge in [0.1, 0.15) is 17.9 Å². The highest BCUT2D eigenvalue weighted by Gasteiger charge is 2.16. The number of carboxylic acid groups (broad SMARTS) is 1. The maximum atomic E-state index is 13.4. The number of nitrogens with zero attached hydrogens (tertiary/aromatic N) is 1. The molecule has 0 aliphatic heterocycles. The van der Waals surface area contributed by atoms with Gasteiger partial charge in [0, 0.05) is 6.07 Å². The van der Waals surface area contributed by atoms with Crippen LogP contribution in [0, 0.1) is 18.6 Å². The molecule has 0 saturated carbocycles. The molecule has 1 N–H and O–H groups in total. The number of aromatic nitrogens is 1. The first kappa shape index (κ1) is 11.3. The van der Waals surface area contributed by atoms with Gasteiger partial charge in [-0.15, -0.1) is 0 Å². The predicted molar refractivity (Wildman–Crippen MR) is 53.6 cm³/mol. The summed E-state index contributed by atoms with van der Waals surface area (Å²) in [5.74, 6) is -3.01. The lowest BCUT2D eigenvalue weighted by molar-refractivity contribution is 0.0690. The van der Waals surface area contributed by atoms with E-state index in [9.17, 15) is 13.6 Å². The molecule has 6 heteroatoms. The number of halogens is 2. The number of rotatable bonds is 2. The topological polar surface area (TPSA) is 63.3 Å². The number of carbonyl (C=O) groups is 1. The SMILES string of the molecule is Cc1cc(-c2nc(C(=O)O)co2)c(F)cc1F. The van der Waals surface area contributed by atoms with Crippen LogP contribution in [0.2, 0.25) is 0 Å². The zero-order valence-corrected chi connectivity index (χ0v) is 8.70. The normalized spacial score (nSPS) is 10.5. The molecule has 4 nitrogen and oxygen atoms in total. The summed E-state index contributed by atoms with van der Waals surface area (Å²) in [6.45, 7) is 1.46. The number of hydrogen-bond acceptors (Lipinski definition) is 3. The largest absolute Gasteiger partial charge is 0.476 e. The van der Waals surface area contributed by atoms with Crippen LogP contribution in [0.5, 0.6) is 0 Å². The van der Waals surface area contributed by atoms with Crippen molar-refractivity contribution in [2.75, 3.05) is 0 Å². The highest BCUT2D eigenvalue weighted by molar-refractivity contribution is 5.85. The van der Waals surface area contributed by atoms with Gasteiger partial charge < -0.3 is 9.52 Å². The molecule has 88 valence electrons. The Morgan fingerprint density at radius 3 is 2.65 bits per heavy atom. The molecule has 2 rings (SSSR count). The summed E-state index contributed by atoms with van der Waals surface area (Å²) in [6, 6.07) is 1.91. The van der Waals surface area contributed by atoms with Crippen molar-refractivity contribution in [3.8, 4) is 11.5 Å². The van der Waals surface area contributed by atoms with Crippen LogP contribution in [-0.4, -0.2) is 16.1 Å². The van der Waals surface area contributed by atoms with Crippen LogP contribution in [0.1, 0.15) is 16.1 Å². The first-order valence-electron chi connectivity index (χ1n) is 4.64. The van der Waals surface area contributed by atoms with Crippen molar-refractivity contribution in [3.05, 3.63) is 41.3 Å². The molecular formula is C11H7F2NO3.